The van der Waals surface area contributed by atoms with Crippen LogP contribution in [0.1, 0.15) is 128 Å². The first-order valence-electron chi connectivity index (χ1n) is 13.1. The predicted molar refractivity (Wildman–Crippen MR) is 121 cm³/mol. The molecule has 158 valence electrons. The van der Waals surface area contributed by atoms with Gasteiger partial charge in [0.2, 0.25) is 0 Å². The highest BCUT2D eigenvalue weighted by Crippen LogP contribution is 2.36. The fraction of sp³-hybridized carbons (Fsp3) is 0.923. The average Bonchev–Trinajstić information content (AvgIpc) is 2.79. The lowest BCUT2D eigenvalue weighted by molar-refractivity contribution is 0.382. The van der Waals surface area contributed by atoms with E-state index in [4.69, 9.17) is 10.2 Å². The zero-order chi connectivity index (χ0) is 19.0. The molecule has 2 nitrogen and oxygen atoms in total. The lowest BCUT2D eigenvalue weighted by atomic mass is 9.75. The number of rotatable bonds is 5. The van der Waals surface area contributed by atoms with E-state index in [9.17, 15) is 0 Å². The maximum Gasteiger partial charge on any atom is 0.0467 e. The summed E-state index contributed by atoms with van der Waals surface area (Å²) in [7, 11) is 0. The molecule has 4 aliphatic rings. The second-order valence-electron chi connectivity index (χ2n) is 10.4. The second kappa shape index (κ2) is 10.9. The predicted octanol–water partition coefficient (Wildman–Crippen LogP) is 8.10. The van der Waals surface area contributed by atoms with Gasteiger partial charge >= 0.3 is 0 Å². The second-order valence-corrected chi connectivity index (χ2v) is 10.4. The van der Waals surface area contributed by atoms with Crippen LogP contribution in [0.4, 0.5) is 0 Å². The number of hydrogen-bond donors (Lipinski definition) is 0. The van der Waals surface area contributed by atoms with Crippen LogP contribution in [-0.4, -0.2) is 11.4 Å². The summed E-state index contributed by atoms with van der Waals surface area (Å²) in [6, 6.07) is 0. The van der Waals surface area contributed by atoms with E-state index >= 15 is 0 Å². The molecule has 0 N–H and O–H groups in total. The number of hydrogen-bond acceptors (Lipinski definition) is 2. The van der Waals surface area contributed by atoms with E-state index in [0.29, 0.717) is 0 Å². The molecule has 2 heteroatoms. The van der Waals surface area contributed by atoms with Crippen LogP contribution in [0.15, 0.2) is 10.2 Å². The lowest BCUT2D eigenvalue weighted by Gasteiger charge is -2.32. The van der Waals surface area contributed by atoms with Gasteiger partial charge in [0.1, 0.15) is 0 Å². The van der Waals surface area contributed by atoms with Gasteiger partial charge in [-0.1, -0.05) is 77.0 Å². The molecule has 4 aliphatic carbocycles. The van der Waals surface area contributed by atoms with Crippen molar-refractivity contribution in [3.8, 4) is 0 Å². The highest BCUT2D eigenvalue weighted by atomic mass is 15.2. The maximum atomic E-state index is 5.23. The highest BCUT2D eigenvalue weighted by molar-refractivity contribution is 5.92. The van der Waals surface area contributed by atoms with E-state index in [1.54, 1.807) is 11.4 Å². The van der Waals surface area contributed by atoms with Gasteiger partial charge in [0.15, 0.2) is 0 Å². The minimum atomic E-state index is 0.750. The summed E-state index contributed by atoms with van der Waals surface area (Å²) in [4.78, 5) is 0. The Labute approximate surface area is 174 Å². The van der Waals surface area contributed by atoms with Crippen molar-refractivity contribution in [2.45, 2.75) is 128 Å². The highest BCUT2D eigenvalue weighted by Gasteiger charge is 2.30. The Morgan fingerprint density at radius 3 is 0.750 bits per heavy atom. The van der Waals surface area contributed by atoms with Crippen LogP contribution in [0.3, 0.4) is 0 Å². The van der Waals surface area contributed by atoms with Gasteiger partial charge in [0, 0.05) is 11.4 Å². The molecular weight excluding hydrogens is 340 g/mol. The molecule has 0 aromatic rings. The summed E-state index contributed by atoms with van der Waals surface area (Å²) >= 11 is 0. The Kier molecular flexibility index (Phi) is 8.04. The molecule has 0 bridgehead atoms. The van der Waals surface area contributed by atoms with E-state index in [2.05, 4.69) is 0 Å². The zero-order valence-electron chi connectivity index (χ0n) is 18.3. The Hall–Kier alpha value is -0.660. The Morgan fingerprint density at radius 2 is 0.536 bits per heavy atom. The van der Waals surface area contributed by atoms with E-state index in [-0.39, 0.29) is 0 Å². The molecule has 0 aromatic heterocycles. The third-order valence-electron chi connectivity index (χ3n) is 8.37. The summed E-state index contributed by atoms with van der Waals surface area (Å²) in [6.07, 6.45) is 28.1. The Morgan fingerprint density at radius 1 is 0.321 bits per heavy atom. The van der Waals surface area contributed by atoms with E-state index in [1.165, 1.54) is 128 Å². The first-order valence-corrected chi connectivity index (χ1v) is 13.1. The summed E-state index contributed by atoms with van der Waals surface area (Å²) in [5.41, 5.74) is 3.09. The average molecular weight is 385 g/mol. The quantitative estimate of drug-likeness (QED) is 0.338. The molecule has 28 heavy (non-hydrogen) atoms. The summed E-state index contributed by atoms with van der Waals surface area (Å²) in [5, 5.41) is 10.5. The molecule has 0 spiro atoms. The molecule has 4 saturated carbocycles. The van der Waals surface area contributed by atoms with Crippen LogP contribution >= 0.6 is 0 Å². The summed E-state index contributed by atoms with van der Waals surface area (Å²) in [6.45, 7) is 0. The lowest BCUT2D eigenvalue weighted by Crippen LogP contribution is -2.29. The first kappa shape index (κ1) is 20.6. The van der Waals surface area contributed by atoms with Gasteiger partial charge in [-0.2, -0.15) is 10.2 Å². The van der Waals surface area contributed by atoms with Gasteiger partial charge in [-0.05, 0) is 75.0 Å². The summed E-state index contributed by atoms with van der Waals surface area (Å²) in [5.74, 6) is 3.00. The monoisotopic (exact) mass is 384 g/mol. The van der Waals surface area contributed by atoms with E-state index in [1.807, 2.05) is 0 Å². The van der Waals surface area contributed by atoms with Crippen LogP contribution in [0.2, 0.25) is 0 Å². The van der Waals surface area contributed by atoms with Crippen molar-refractivity contribution >= 4 is 11.4 Å². The van der Waals surface area contributed by atoms with Crippen LogP contribution < -0.4 is 0 Å². The molecule has 0 radical (unpaired) electrons. The zero-order valence-corrected chi connectivity index (χ0v) is 18.3. The fourth-order valence-electron chi connectivity index (χ4n) is 6.70. The maximum absolute atomic E-state index is 5.23. The molecule has 4 rings (SSSR count). The topological polar surface area (TPSA) is 24.7 Å². The first-order chi connectivity index (χ1) is 13.9. The van der Waals surface area contributed by atoms with Crippen molar-refractivity contribution in [3.63, 3.8) is 0 Å². The van der Waals surface area contributed by atoms with E-state index < -0.39 is 0 Å². The molecule has 0 amide bonds. The van der Waals surface area contributed by atoms with Crippen molar-refractivity contribution in [1.29, 1.82) is 0 Å². The third kappa shape index (κ3) is 5.48. The molecule has 0 saturated heterocycles. The largest absolute Gasteiger partial charge is 0.160 e. The van der Waals surface area contributed by atoms with Gasteiger partial charge < -0.3 is 0 Å². The van der Waals surface area contributed by atoms with Crippen molar-refractivity contribution in [2.75, 3.05) is 0 Å². The molecule has 4 fully saturated rings. The Bertz CT molecular complexity index is 423. The molecular formula is C26H44N2. The number of nitrogens with zero attached hydrogens (tertiary/aromatic N) is 2. The van der Waals surface area contributed by atoms with Gasteiger partial charge in [0.25, 0.3) is 0 Å². The van der Waals surface area contributed by atoms with E-state index in [0.717, 1.165) is 23.7 Å². The van der Waals surface area contributed by atoms with Crippen LogP contribution in [0.25, 0.3) is 0 Å². The molecule has 0 unspecified atom stereocenters. The standard InChI is InChI=1S/C26H44N2/c1-5-13-21(14-6-1)25(22-15-7-2-8-16-22)27-28-26(23-17-9-3-10-18-23)24-19-11-4-12-20-24/h21-24H,1-20H2. The van der Waals surface area contributed by atoms with Gasteiger partial charge in [-0.3, -0.25) is 0 Å². The summed E-state index contributed by atoms with van der Waals surface area (Å²) < 4.78 is 0. The molecule has 0 aromatic carbocycles. The molecule has 0 heterocycles. The van der Waals surface area contributed by atoms with Gasteiger partial charge in [-0.15, -0.1) is 0 Å². The van der Waals surface area contributed by atoms with Crippen molar-refractivity contribution in [3.05, 3.63) is 0 Å². The van der Waals surface area contributed by atoms with Crippen molar-refractivity contribution in [1.82, 2.24) is 0 Å². The van der Waals surface area contributed by atoms with Crippen LogP contribution in [0, 0.1) is 23.7 Å². The van der Waals surface area contributed by atoms with Crippen molar-refractivity contribution < 1.29 is 0 Å². The minimum Gasteiger partial charge on any atom is -0.160 e. The van der Waals surface area contributed by atoms with Gasteiger partial charge in [-0.25, -0.2) is 0 Å². The van der Waals surface area contributed by atoms with Crippen LogP contribution in [0.5, 0.6) is 0 Å². The molecule has 0 atom stereocenters. The van der Waals surface area contributed by atoms with Gasteiger partial charge in [0.05, 0.1) is 0 Å². The SMILES string of the molecule is C1CCC(C(=NN=C(C2CCCCC2)C2CCCCC2)C2CCCCC2)CC1. The molecule has 0 aliphatic heterocycles. The minimum absolute atomic E-state index is 0.750. The fourth-order valence-corrected chi connectivity index (χ4v) is 6.70. The normalized spacial score (nSPS) is 26.7. The van der Waals surface area contributed by atoms with Crippen LogP contribution in [-0.2, 0) is 0 Å². The Balaban J connectivity index is 1.58. The third-order valence-corrected chi connectivity index (χ3v) is 8.37. The smallest absolute Gasteiger partial charge is 0.0467 e. The van der Waals surface area contributed by atoms with Crippen molar-refractivity contribution in [2.24, 2.45) is 33.9 Å².